The summed E-state index contributed by atoms with van der Waals surface area (Å²) in [6.45, 7) is 6.76. The van der Waals surface area contributed by atoms with Gasteiger partial charge in [0.25, 0.3) is 5.56 Å². The summed E-state index contributed by atoms with van der Waals surface area (Å²) in [5.41, 5.74) is 4.59. The Morgan fingerprint density at radius 2 is 1.85 bits per heavy atom. The average molecular weight is 366 g/mol. The molecule has 5 heteroatoms. The number of hydrogen-bond donors (Lipinski definition) is 2. The van der Waals surface area contributed by atoms with Gasteiger partial charge in [0.1, 0.15) is 11.5 Å². The molecule has 0 radical (unpaired) electrons. The third-order valence-corrected chi connectivity index (χ3v) is 4.80. The summed E-state index contributed by atoms with van der Waals surface area (Å²) < 4.78 is 10.7. The SMILES string of the molecule is COc1ccc2cc(CNc3cc(C(C)C)c(OC)cc3C)c(=O)[nH]c2c1. The van der Waals surface area contributed by atoms with Crippen LogP contribution in [0.5, 0.6) is 11.5 Å². The third kappa shape index (κ3) is 3.92. The first-order valence-corrected chi connectivity index (χ1v) is 9.05. The van der Waals surface area contributed by atoms with Crippen LogP contribution in [0.2, 0.25) is 0 Å². The maximum Gasteiger partial charge on any atom is 0.253 e. The van der Waals surface area contributed by atoms with Crippen LogP contribution in [0, 0.1) is 6.92 Å². The van der Waals surface area contributed by atoms with E-state index in [1.165, 1.54) is 0 Å². The Bertz CT molecular complexity index is 1020. The smallest absolute Gasteiger partial charge is 0.253 e. The molecule has 0 aliphatic carbocycles. The monoisotopic (exact) mass is 366 g/mol. The van der Waals surface area contributed by atoms with Crippen molar-refractivity contribution in [2.45, 2.75) is 33.2 Å². The minimum Gasteiger partial charge on any atom is -0.497 e. The lowest BCUT2D eigenvalue weighted by Crippen LogP contribution is -2.16. The summed E-state index contributed by atoms with van der Waals surface area (Å²) in [5, 5.41) is 4.38. The van der Waals surface area contributed by atoms with Gasteiger partial charge in [-0.15, -0.1) is 0 Å². The van der Waals surface area contributed by atoms with Crippen molar-refractivity contribution in [3.63, 3.8) is 0 Å². The van der Waals surface area contributed by atoms with E-state index in [1.807, 2.05) is 37.3 Å². The number of rotatable bonds is 6. The van der Waals surface area contributed by atoms with Crippen LogP contribution in [-0.4, -0.2) is 19.2 Å². The quantitative estimate of drug-likeness (QED) is 0.670. The van der Waals surface area contributed by atoms with Crippen LogP contribution in [-0.2, 0) is 6.54 Å². The van der Waals surface area contributed by atoms with Crippen molar-refractivity contribution >= 4 is 16.6 Å². The Morgan fingerprint density at radius 1 is 1.07 bits per heavy atom. The summed E-state index contributed by atoms with van der Waals surface area (Å²) in [7, 11) is 3.30. The Labute approximate surface area is 159 Å². The molecule has 0 aliphatic heterocycles. The van der Waals surface area contributed by atoms with Gasteiger partial charge in [-0.2, -0.15) is 0 Å². The number of anilines is 1. The summed E-state index contributed by atoms with van der Waals surface area (Å²) in [5.74, 6) is 1.96. The Balaban J connectivity index is 1.89. The Hall–Kier alpha value is -2.95. The minimum absolute atomic E-state index is 0.0986. The van der Waals surface area contributed by atoms with Gasteiger partial charge < -0.3 is 19.8 Å². The van der Waals surface area contributed by atoms with Crippen LogP contribution >= 0.6 is 0 Å². The molecule has 0 aliphatic rings. The number of methoxy groups -OCH3 is 2. The van der Waals surface area contributed by atoms with Crippen molar-refractivity contribution < 1.29 is 9.47 Å². The minimum atomic E-state index is -0.0986. The highest BCUT2D eigenvalue weighted by molar-refractivity contribution is 5.80. The van der Waals surface area contributed by atoms with Crippen molar-refractivity contribution in [1.29, 1.82) is 0 Å². The molecule has 0 amide bonds. The summed E-state index contributed by atoms with van der Waals surface area (Å²) in [6, 6.07) is 11.7. The fourth-order valence-electron chi connectivity index (χ4n) is 3.19. The maximum atomic E-state index is 12.5. The van der Waals surface area contributed by atoms with E-state index in [-0.39, 0.29) is 5.56 Å². The lowest BCUT2D eigenvalue weighted by atomic mass is 9.99. The lowest BCUT2D eigenvalue weighted by Gasteiger charge is -2.17. The number of H-pyrrole nitrogens is 1. The normalized spacial score (nSPS) is 11.0. The fraction of sp³-hybridized carbons (Fsp3) is 0.318. The van der Waals surface area contributed by atoms with E-state index in [1.54, 1.807) is 14.2 Å². The fourth-order valence-corrected chi connectivity index (χ4v) is 3.19. The first kappa shape index (κ1) is 18.8. The summed E-state index contributed by atoms with van der Waals surface area (Å²) in [4.78, 5) is 15.4. The molecule has 0 saturated carbocycles. The summed E-state index contributed by atoms with van der Waals surface area (Å²) in [6.07, 6.45) is 0. The molecule has 0 unspecified atom stereocenters. The predicted octanol–water partition coefficient (Wildman–Crippen LogP) is 4.59. The van der Waals surface area contributed by atoms with E-state index in [9.17, 15) is 4.79 Å². The second-order valence-corrected chi connectivity index (χ2v) is 6.99. The second kappa shape index (κ2) is 7.74. The molecule has 1 aromatic heterocycles. The van der Waals surface area contributed by atoms with E-state index in [2.05, 4.69) is 30.2 Å². The number of hydrogen-bond acceptors (Lipinski definition) is 4. The van der Waals surface area contributed by atoms with Crippen molar-refractivity contribution in [3.8, 4) is 11.5 Å². The maximum absolute atomic E-state index is 12.5. The molecule has 0 atom stereocenters. The predicted molar refractivity (Wildman–Crippen MR) is 110 cm³/mol. The molecule has 2 aromatic carbocycles. The van der Waals surface area contributed by atoms with Gasteiger partial charge in [0, 0.05) is 23.9 Å². The summed E-state index contributed by atoms with van der Waals surface area (Å²) >= 11 is 0. The van der Waals surface area contributed by atoms with Crippen LogP contribution in [0.3, 0.4) is 0 Å². The number of benzene rings is 2. The zero-order valence-corrected chi connectivity index (χ0v) is 16.5. The average Bonchev–Trinajstić information content (AvgIpc) is 2.66. The standard InChI is InChI=1S/C22H26N2O3/c1-13(2)18-11-19(14(3)8-21(18)27-5)23-12-16-9-15-6-7-17(26-4)10-20(15)24-22(16)25/h6-11,13,23H,12H2,1-5H3,(H,24,25). The molecule has 3 aromatic rings. The molecular weight excluding hydrogens is 340 g/mol. The van der Waals surface area contributed by atoms with E-state index >= 15 is 0 Å². The van der Waals surface area contributed by atoms with Gasteiger partial charge in [-0.1, -0.05) is 13.8 Å². The van der Waals surface area contributed by atoms with Gasteiger partial charge in [0.15, 0.2) is 0 Å². The lowest BCUT2D eigenvalue weighted by molar-refractivity contribution is 0.407. The molecule has 3 rings (SSSR count). The topological polar surface area (TPSA) is 63.4 Å². The first-order valence-electron chi connectivity index (χ1n) is 9.05. The second-order valence-electron chi connectivity index (χ2n) is 6.99. The molecule has 1 heterocycles. The number of pyridine rings is 1. The van der Waals surface area contributed by atoms with Gasteiger partial charge in [0.2, 0.25) is 0 Å². The van der Waals surface area contributed by atoms with Crippen LogP contribution in [0.4, 0.5) is 5.69 Å². The van der Waals surface area contributed by atoms with Gasteiger partial charge >= 0.3 is 0 Å². The van der Waals surface area contributed by atoms with E-state index < -0.39 is 0 Å². The number of fused-ring (bicyclic) bond motifs is 1. The van der Waals surface area contributed by atoms with Crippen LogP contribution in [0.25, 0.3) is 10.9 Å². The van der Waals surface area contributed by atoms with E-state index in [0.717, 1.165) is 39.2 Å². The zero-order valence-electron chi connectivity index (χ0n) is 16.5. The van der Waals surface area contributed by atoms with Gasteiger partial charge in [-0.3, -0.25) is 4.79 Å². The highest BCUT2D eigenvalue weighted by atomic mass is 16.5. The van der Waals surface area contributed by atoms with Gasteiger partial charge in [0.05, 0.1) is 19.7 Å². The molecule has 5 nitrogen and oxygen atoms in total. The van der Waals surface area contributed by atoms with Crippen LogP contribution in [0.15, 0.2) is 41.2 Å². The largest absolute Gasteiger partial charge is 0.497 e. The molecular formula is C22H26N2O3. The Kier molecular flexibility index (Phi) is 5.40. The third-order valence-electron chi connectivity index (χ3n) is 4.80. The molecule has 0 bridgehead atoms. The highest BCUT2D eigenvalue weighted by Crippen LogP contribution is 2.32. The first-order chi connectivity index (χ1) is 12.9. The number of aryl methyl sites for hydroxylation is 1. The van der Waals surface area contributed by atoms with Crippen LogP contribution in [0.1, 0.15) is 36.5 Å². The van der Waals surface area contributed by atoms with Gasteiger partial charge in [-0.25, -0.2) is 0 Å². The van der Waals surface area contributed by atoms with Crippen molar-refractivity contribution in [2.24, 2.45) is 0 Å². The molecule has 0 saturated heterocycles. The van der Waals surface area contributed by atoms with E-state index in [4.69, 9.17) is 9.47 Å². The van der Waals surface area contributed by atoms with Crippen LogP contribution < -0.4 is 20.3 Å². The van der Waals surface area contributed by atoms with Crippen molar-refractivity contribution in [2.75, 3.05) is 19.5 Å². The molecule has 27 heavy (non-hydrogen) atoms. The number of aromatic nitrogens is 1. The number of ether oxygens (including phenoxy) is 2. The van der Waals surface area contributed by atoms with Gasteiger partial charge in [-0.05, 0) is 59.7 Å². The zero-order chi connectivity index (χ0) is 19.6. The number of aromatic amines is 1. The Morgan fingerprint density at radius 3 is 2.52 bits per heavy atom. The molecule has 142 valence electrons. The highest BCUT2D eigenvalue weighted by Gasteiger charge is 2.12. The van der Waals surface area contributed by atoms with Crippen molar-refractivity contribution in [1.82, 2.24) is 4.98 Å². The number of nitrogens with one attached hydrogen (secondary N) is 2. The molecule has 0 fully saturated rings. The molecule has 0 spiro atoms. The van der Waals surface area contributed by atoms with Crippen molar-refractivity contribution in [3.05, 3.63) is 63.4 Å². The van der Waals surface area contributed by atoms with E-state index in [0.29, 0.717) is 18.0 Å². The molecule has 2 N–H and O–H groups in total.